The van der Waals surface area contributed by atoms with Gasteiger partial charge in [0.05, 0.1) is 17.2 Å². The summed E-state index contributed by atoms with van der Waals surface area (Å²) in [6.07, 6.45) is 6.85. The summed E-state index contributed by atoms with van der Waals surface area (Å²) < 4.78 is 5.19. The van der Waals surface area contributed by atoms with Crippen LogP contribution in [0, 0.1) is 28.6 Å². The van der Waals surface area contributed by atoms with Crippen LogP contribution in [0.2, 0.25) is 0 Å². The Morgan fingerprint density at radius 2 is 1.81 bits per heavy atom. The van der Waals surface area contributed by atoms with E-state index in [9.17, 15) is 34.5 Å². The molecule has 0 heterocycles. The first-order valence-corrected chi connectivity index (χ1v) is 12.8. The number of allylic oxidation sites excluding steroid dienone is 4. The Morgan fingerprint density at radius 1 is 1.11 bits per heavy atom. The van der Waals surface area contributed by atoms with E-state index in [0.29, 0.717) is 6.42 Å². The Balaban J connectivity index is 1.36. The number of Topliss-reactive ketones (excluding diaryl/α,β-unsaturated/α-hetero) is 1. The smallest absolute Gasteiger partial charge is 0.339 e. The lowest BCUT2D eigenvalue weighted by Crippen LogP contribution is -2.61. The number of carboxylic acid groups (broad SMARTS) is 1. The van der Waals surface area contributed by atoms with Gasteiger partial charge in [0.2, 0.25) is 5.78 Å². The third kappa shape index (κ3) is 3.72. The first kappa shape index (κ1) is 25.5. The first-order valence-electron chi connectivity index (χ1n) is 12.8. The average molecular weight is 509 g/mol. The first-order chi connectivity index (χ1) is 17.4. The molecule has 7 atom stereocenters. The van der Waals surface area contributed by atoms with Gasteiger partial charge in [0.25, 0.3) is 0 Å². The molecule has 196 valence electrons. The van der Waals surface area contributed by atoms with Crippen molar-refractivity contribution < 1.29 is 39.2 Å². The topological polar surface area (TPSA) is 138 Å². The number of aromatic carboxylic acids is 1. The molecule has 0 radical (unpaired) electrons. The molecule has 3 N–H and O–H groups in total. The number of carbonyl (C=O) groups excluding carboxylic acids is 3. The fraction of sp³-hybridized carbons (Fsp3) is 0.517. The molecule has 4 aliphatic carbocycles. The second-order valence-electron chi connectivity index (χ2n) is 11.5. The summed E-state index contributed by atoms with van der Waals surface area (Å²) in [6.45, 7) is 3.22. The van der Waals surface area contributed by atoms with Gasteiger partial charge >= 0.3 is 11.9 Å². The molecular weight excluding hydrogens is 476 g/mol. The van der Waals surface area contributed by atoms with E-state index in [2.05, 4.69) is 6.92 Å². The molecule has 0 aliphatic heterocycles. The predicted molar refractivity (Wildman–Crippen MR) is 132 cm³/mol. The number of carboxylic acids is 1. The molecule has 0 bridgehead atoms. The number of rotatable bonds is 5. The molecule has 8 heteroatoms. The number of aliphatic hydroxyl groups excluding tert-OH is 1. The fourth-order valence-corrected chi connectivity index (χ4v) is 7.96. The minimum absolute atomic E-state index is 0.0253. The van der Waals surface area contributed by atoms with Gasteiger partial charge in [-0.1, -0.05) is 37.6 Å². The number of carbonyl (C=O) groups is 4. The highest BCUT2D eigenvalue weighted by molar-refractivity contribution is 6.03. The van der Waals surface area contributed by atoms with Crippen LogP contribution in [0.1, 0.15) is 66.7 Å². The Bertz CT molecular complexity index is 1250. The Labute approximate surface area is 215 Å². The van der Waals surface area contributed by atoms with E-state index >= 15 is 0 Å². The highest BCUT2D eigenvalue weighted by Crippen LogP contribution is 2.67. The molecule has 3 saturated carbocycles. The lowest BCUT2D eigenvalue weighted by Gasteiger charge is -2.59. The summed E-state index contributed by atoms with van der Waals surface area (Å²) in [6, 6.07) is 5.58. The summed E-state index contributed by atoms with van der Waals surface area (Å²) in [4.78, 5) is 49.4. The van der Waals surface area contributed by atoms with Crippen molar-refractivity contribution in [3.8, 4) is 0 Å². The van der Waals surface area contributed by atoms with Crippen LogP contribution in [-0.4, -0.2) is 57.1 Å². The molecule has 1 aromatic rings. The molecule has 37 heavy (non-hydrogen) atoms. The van der Waals surface area contributed by atoms with Crippen molar-refractivity contribution in [3.05, 3.63) is 59.2 Å². The molecule has 4 aliphatic rings. The van der Waals surface area contributed by atoms with Crippen LogP contribution in [0.15, 0.2) is 48.1 Å². The van der Waals surface area contributed by atoms with Crippen molar-refractivity contribution in [2.24, 2.45) is 28.6 Å². The summed E-state index contributed by atoms with van der Waals surface area (Å²) in [5.41, 5.74) is -2.52. The number of benzene rings is 1. The van der Waals surface area contributed by atoms with E-state index in [1.807, 2.05) is 13.0 Å². The van der Waals surface area contributed by atoms with Crippen LogP contribution >= 0.6 is 0 Å². The van der Waals surface area contributed by atoms with E-state index in [4.69, 9.17) is 4.74 Å². The minimum Gasteiger partial charge on any atom is -0.478 e. The molecule has 1 aromatic carbocycles. The van der Waals surface area contributed by atoms with Crippen LogP contribution < -0.4 is 0 Å². The van der Waals surface area contributed by atoms with E-state index in [-0.39, 0.29) is 47.5 Å². The molecule has 8 nitrogen and oxygen atoms in total. The lowest BCUT2D eigenvalue weighted by molar-refractivity contribution is -0.178. The zero-order valence-corrected chi connectivity index (χ0v) is 21.0. The summed E-state index contributed by atoms with van der Waals surface area (Å²) in [7, 11) is 0. The van der Waals surface area contributed by atoms with Crippen LogP contribution in [0.25, 0.3) is 0 Å². The number of ketones is 2. The summed E-state index contributed by atoms with van der Waals surface area (Å²) in [5, 5.41) is 32.5. The Hall–Kier alpha value is -3.10. The molecule has 4 unspecified atom stereocenters. The van der Waals surface area contributed by atoms with Gasteiger partial charge in [-0.15, -0.1) is 0 Å². The normalized spacial score (nSPS) is 38.2. The van der Waals surface area contributed by atoms with E-state index in [0.717, 1.165) is 18.4 Å². The third-order valence-electron chi connectivity index (χ3n) is 9.82. The van der Waals surface area contributed by atoms with Crippen LogP contribution in [-0.2, 0) is 14.3 Å². The maximum atomic E-state index is 13.4. The van der Waals surface area contributed by atoms with Gasteiger partial charge in [0.15, 0.2) is 12.4 Å². The largest absolute Gasteiger partial charge is 0.478 e. The number of hydrogen-bond acceptors (Lipinski definition) is 7. The van der Waals surface area contributed by atoms with Crippen molar-refractivity contribution in [1.29, 1.82) is 0 Å². The monoisotopic (exact) mass is 508 g/mol. The summed E-state index contributed by atoms with van der Waals surface area (Å²) in [5.74, 6) is -3.01. The average Bonchev–Trinajstić information content (AvgIpc) is 3.13. The van der Waals surface area contributed by atoms with Gasteiger partial charge in [-0.25, -0.2) is 9.59 Å². The predicted octanol–water partition coefficient (Wildman–Crippen LogP) is 3.12. The maximum absolute atomic E-state index is 13.4. The fourth-order valence-electron chi connectivity index (χ4n) is 7.96. The highest BCUT2D eigenvalue weighted by Gasteiger charge is 2.68. The second kappa shape index (κ2) is 8.74. The van der Waals surface area contributed by atoms with E-state index in [1.54, 1.807) is 12.2 Å². The summed E-state index contributed by atoms with van der Waals surface area (Å²) >= 11 is 0. The quantitative estimate of drug-likeness (QED) is 0.516. The SMILES string of the molecule is C[C@]12C=CC(=O)C=C1CCC1C2C(O)C[C@@]2(C)C1CC[C@]2(O)C(=O)COC(=O)c1ccccc1C(=O)O. The zero-order valence-electron chi connectivity index (χ0n) is 21.0. The number of aliphatic hydroxyl groups is 2. The minimum atomic E-state index is -1.79. The Morgan fingerprint density at radius 3 is 2.51 bits per heavy atom. The number of fused-ring (bicyclic) bond motifs is 5. The lowest BCUT2D eigenvalue weighted by atomic mass is 9.46. The van der Waals surface area contributed by atoms with E-state index < -0.39 is 46.9 Å². The molecule has 5 rings (SSSR count). The van der Waals surface area contributed by atoms with Crippen LogP contribution in [0.3, 0.4) is 0 Å². The van der Waals surface area contributed by atoms with E-state index in [1.165, 1.54) is 24.3 Å². The zero-order chi connectivity index (χ0) is 26.8. The van der Waals surface area contributed by atoms with Crippen LogP contribution in [0.4, 0.5) is 0 Å². The van der Waals surface area contributed by atoms with Crippen molar-refractivity contribution in [2.45, 2.75) is 57.7 Å². The molecule has 0 spiro atoms. The van der Waals surface area contributed by atoms with Gasteiger partial charge < -0.3 is 20.1 Å². The van der Waals surface area contributed by atoms with Crippen molar-refractivity contribution in [1.82, 2.24) is 0 Å². The highest BCUT2D eigenvalue weighted by atomic mass is 16.5. The van der Waals surface area contributed by atoms with Crippen molar-refractivity contribution >= 4 is 23.5 Å². The number of hydrogen-bond donors (Lipinski definition) is 3. The van der Waals surface area contributed by atoms with Crippen LogP contribution in [0.5, 0.6) is 0 Å². The van der Waals surface area contributed by atoms with Crippen molar-refractivity contribution in [2.75, 3.05) is 6.61 Å². The molecule has 0 saturated heterocycles. The molecule has 3 fully saturated rings. The van der Waals surface area contributed by atoms with Gasteiger partial charge in [-0.2, -0.15) is 0 Å². The van der Waals surface area contributed by atoms with Crippen molar-refractivity contribution in [3.63, 3.8) is 0 Å². The second-order valence-corrected chi connectivity index (χ2v) is 11.5. The Kier molecular flexibility index (Phi) is 6.03. The van der Waals surface area contributed by atoms with Gasteiger partial charge in [0.1, 0.15) is 5.60 Å². The standard InChI is InChI=1S/C29H32O8/c1-27-11-9-17(30)13-16(27)7-8-20-21-10-12-29(36,28(21,2)14-22(31)24(20)27)23(32)15-37-26(35)19-6-4-3-5-18(19)25(33)34/h3-6,9,11,13,20-22,24,31,36H,7-8,10,12,14-15H2,1-2H3,(H,33,34)/t20?,21?,22?,24?,27-,28-,29-/m0/s1. The molecule has 0 amide bonds. The number of esters is 1. The third-order valence-corrected chi connectivity index (χ3v) is 9.82. The maximum Gasteiger partial charge on any atom is 0.339 e. The molecular formula is C29H32O8. The van der Waals surface area contributed by atoms with Gasteiger partial charge in [-0.3, -0.25) is 9.59 Å². The molecule has 0 aromatic heterocycles. The van der Waals surface area contributed by atoms with Gasteiger partial charge in [0, 0.05) is 16.7 Å². The number of ether oxygens (including phenoxy) is 1. The van der Waals surface area contributed by atoms with Gasteiger partial charge in [-0.05, 0) is 68.2 Å².